The third-order valence-corrected chi connectivity index (χ3v) is 3.52. The first-order valence-corrected chi connectivity index (χ1v) is 5.84. The summed E-state index contributed by atoms with van der Waals surface area (Å²) in [6.07, 6.45) is 0. The summed E-state index contributed by atoms with van der Waals surface area (Å²) < 4.78 is 0. The molecule has 0 aliphatic carbocycles. The van der Waals surface area contributed by atoms with Crippen LogP contribution in [0.1, 0.15) is 18.7 Å². The first kappa shape index (κ1) is 11.5. The number of halogens is 1. The van der Waals surface area contributed by atoms with Crippen LogP contribution in [0.2, 0.25) is 0 Å². The fourth-order valence-corrected chi connectivity index (χ4v) is 2.06. The largest absolute Gasteiger partial charge is 0.354 e. The van der Waals surface area contributed by atoms with Crippen LogP contribution in [0.5, 0.6) is 0 Å². The lowest BCUT2D eigenvalue weighted by Gasteiger charge is -2.23. The number of hydrogen-bond donors (Lipinski definition) is 1. The van der Waals surface area contributed by atoms with Gasteiger partial charge in [-0.3, -0.25) is 4.79 Å². The van der Waals surface area contributed by atoms with Crippen LogP contribution in [0.3, 0.4) is 0 Å². The third-order valence-electron chi connectivity index (χ3n) is 2.04. The highest BCUT2D eigenvalue weighted by molar-refractivity contribution is 7.10. The van der Waals surface area contributed by atoms with E-state index in [9.17, 15) is 4.79 Å². The number of thiophene rings is 1. The molecule has 4 heteroatoms. The molecular formula is C10H14ClNOS. The van der Waals surface area contributed by atoms with E-state index in [4.69, 9.17) is 11.6 Å². The van der Waals surface area contributed by atoms with Gasteiger partial charge in [0.25, 0.3) is 0 Å². The van der Waals surface area contributed by atoms with Gasteiger partial charge in [-0.25, -0.2) is 0 Å². The molecule has 1 aromatic rings. The number of carbonyl (C=O) groups is 1. The van der Waals surface area contributed by atoms with E-state index in [1.54, 1.807) is 11.3 Å². The zero-order valence-electron chi connectivity index (χ0n) is 8.34. The lowest BCUT2D eigenvalue weighted by molar-refractivity contribution is -0.118. The van der Waals surface area contributed by atoms with Gasteiger partial charge in [0.1, 0.15) is 5.88 Å². The van der Waals surface area contributed by atoms with Crippen LogP contribution < -0.4 is 5.32 Å². The molecule has 0 bridgehead atoms. The van der Waals surface area contributed by atoms with E-state index in [0.29, 0.717) is 6.54 Å². The molecule has 0 fully saturated rings. The van der Waals surface area contributed by atoms with Gasteiger partial charge in [0, 0.05) is 16.8 Å². The molecule has 14 heavy (non-hydrogen) atoms. The summed E-state index contributed by atoms with van der Waals surface area (Å²) in [5.41, 5.74) is -0.0180. The Labute approximate surface area is 93.3 Å². The highest BCUT2D eigenvalue weighted by Crippen LogP contribution is 2.26. The van der Waals surface area contributed by atoms with E-state index in [1.807, 2.05) is 11.4 Å². The number of amides is 1. The summed E-state index contributed by atoms with van der Waals surface area (Å²) in [6, 6.07) is 4.10. The molecule has 1 aromatic heterocycles. The molecule has 0 aromatic carbocycles. The van der Waals surface area contributed by atoms with Crippen LogP contribution in [0.25, 0.3) is 0 Å². The second-order valence-electron chi connectivity index (χ2n) is 3.77. The molecule has 0 atom stereocenters. The third kappa shape index (κ3) is 3.00. The monoisotopic (exact) mass is 231 g/mol. The van der Waals surface area contributed by atoms with Gasteiger partial charge in [-0.15, -0.1) is 22.9 Å². The van der Waals surface area contributed by atoms with Crippen LogP contribution in [0.15, 0.2) is 17.5 Å². The molecule has 0 saturated heterocycles. The fraction of sp³-hybridized carbons (Fsp3) is 0.500. The van der Waals surface area contributed by atoms with Gasteiger partial charge in [0.05, 0.1) is 0 Å². The van der Waals surface area contributed by atoms with Gasteiger partial charge < -0.3 is 5.32 Å². The molecule has 0 saturated carbocycles. The summed E-state index contributed by atoms with van der Waals surface area (Å²) >= 11 is 7.10. The molecule has 0 unspecified atom stereocenters. The van der Waals surface area contributed by atoms with Crippen LogP contribution in [-0.2, 0) is 10.2 Å². The minimum atomic E-state index is -0.115. The highest BCUT2D eigenvalue weighted by Gasteiger charge is 2.21. The zero-order valence-corrected chi connectivity index (χ0v) is 9.91. The predicted molar refractivity (Wildman–Crippen MR) is 61.1 cm³/mol. The van der Waals surface area contributed by atoms with E-state index in [0.717, 1.165) is 0 Å². The second kappa shape index (κ2) is 4.80. The second-order valence-corrected chi connectivity index (χ2v) is 4.99. The average molecular weight is 232 g/mol. The molecule has 78 valence electrons. The van der Waals surface area contributed by atoms with Crippen LogP contribution in [-0.4, -0.2) is 18.3 Å². The predicted octanol–water partition coefficient (Wildman–Crippen LogP) is 2.38. The van der Waals surface area contributed by atoms with Crippen molar-refractivity contribution in [2.75, 3.05) is 12.4 Å². The smallest absolute Gasteiger partial charge is 0.234 e. The van der Waals surface area contributed by atoms with Crippen molar-refractivity contribution in [3.63, 3.8) is 0 Å². The van der Waals surface area contributed by atoms with E-state index in [1.165, 1.54) is 4.88 Å². The van der Waals surface area contributed by atoms with E-state index < -0.39 is 0 Å². The van der Waals surface area contributed by atoms with Gasteiger partial charge in [-0.1, -0.05) is 19.9 Å². The fourth-order valence-electron chi connectivity index (χ4n) is 1.12. The Morgan fingerprint density at radius 2 is 2.36 bits per heavy atom. The number of carbonyl (C=O) groups excluding carboxylic acids is 1. The first-order chi connectivity index (χ1) is 6.56. The first-order valence-electron chi connectivity index (χ1n) is 4.43. The summed E-state index contributed by atoms with van der Waals surface area (Å²) in [7, 11) is 0. The molecule has 1 heterocycles. The minimum Gasteiger partial charge on any atom is -0.354 e. The number of hydrogen-bond acceptors (Lipinski definition) is 2. The molecule has 0 radical (unpaired) electrons. The van der Waals surface area contributed by atoms with Crippen molar-refractivity contribution in [3.8, 4) is 0 Å². The van der Waals surface area contributed by atoms with E-state index in [-0.39, 0.29) is 17.2 Å². The maximum absolute atomic E-state index is 11.0. The summed E-state index contributed by atoms with van der Waals surface area (Å²) in [5, 5.41) is 4.84. The minimum absolute atomic E-state index is 0.0180. The Hall–Kier alpha value is -0.540. The Morgan fingerprint density at radius 1 is 1.64 bits per heavy atom. The van der Waals surface area contributed by atoms with Crippen LogP contribution in [0, 0.1) is 0 Å². The Kier molecular flexibility index (Phi) is 3.96. The molecule has 0 aliphatic heterocycles. The van der Waals surface area contributed by atoms with Crippen molar-refractivity contribution < 1.29 is 4.79 Å². The van der Waals surface area contributed by atoms with Gasteiger partial charge >= 0.3 is 0 Å². The summed E-state index contributed by atoms with van der Waals surface area (Å²) in [6.45, 7) is 4.83. The van der Waals surface area contributed by atoms with Crippen molar-refractivity contribution in [3.05, 3.63) is 22.4 Å². The maximum atomic E-state index is 11.0. The van der Waals surface area contributed by atoms with Crippen LogP contribution in [0.4, 0.5) is 0 Å². The molecular weight excluding hydrogens is 218 g/mol. The topological polar surface area (TPSA) is 29.1 Å². The summed E-state index contributed by atoms with van der Waals surface area (Å²) in [4.78, 5) is 12.3. The molecule has 2 nitrogen and oxygen atoms in total. The van der Waals surface area contributed by atoms with Crippen molar-refractivity contribution in [1.29, 1.82) is 0 Å². The van der Waals surface area contributed by atoms with Crippen molar-refractivity contribution in [2.45, 2.75) is 19.3 Å². The number of rotatable bonds is 4. The van der Waals surface area contributed by atoms with Gasteiger partial charge in [0.15, 0.2) is 0 Å². The molecule has 0 aliphatic rings. The zero-order chi connectivity index (χ0) is 10.6. The average Bonchev–Trinajstić information content (AvgIpc) is 2.67. The molecule has 1 amide bonds. The molecule has 1 rings (SSSR count). The van der Waals surface area contributed by atoms with Gasteiger partial charge in [-0.2, -0.15) is 0 Å². The number of alkyl halides is 1. The van der Waals surface area contributed by atoms with Crippen molar-refractivity contribution in [2.24, 2.45) is 0 Å². The van der Waals surface area contributed by atoms with Crippen molar-refractivity contribution in [1.82, 2.24) is 5.32 Å². The van der Waals surface area contributed by atoms with Gasteiger partial charge in [0.2, 0.25) is 5.91 Å². The SMILES string of the molecule is CC(C)(CNC(=O)CCl)c1cccs1. The van der Waals surface area contributed by atoms with Gasteiger partial charge in [-0.05, 0) is 11.4 Å². The molecule has 0 spiro atoms. The maximum Gasteiger partial charge on any atom is 0.234 e. The van der Waals surface area contributed by atoms with E-state index in [2.05, 4.69) is 25.2 Å². The Balaban J connectivity index is 2.54. The van der Waals surface area contributed by atoms with Crippen molar-refractivity contribution >= 4 is 28.8 Å². The normalized spacial score (nSPS) is 11.4. The molecule has 1 N–H and O–H groups in total. The standard InChI is InChI=1S/C10H14ClNOS/c1-10(2,7-12-9(13)6-11)8-4-3-5-14-8/h3-5H,6-7H2,1-2H3,(H,12,13). The summed E-state index contributed by atoms with van der Waals surface area (Å²) in [5.74, 6) is -0.0862. The van der Waals surface area contributed by atoms with E-state index >= 15 is 0 Å². The number of nitrogens with one attached hydrogen (secondary N) is 1. The highest BCUT2D eigenvalue weighted by atomic mass is 35.5. The quantitative estimate of drug-likeness (QED) is 0.793. The lowest BCUT2D eigenvalue weighted by Crippen LogP contribution is -2.36. The lowest BCUT2D eigenvalue weighted by atomic mass is 9.91. The Morgan fingerprint density at radius 3 is 2.86 bits per heavy atom. The van der Waals surface area contributed by atoms with Crippen LogP contribution >= 0.6 is 22.9 Å². The Bertz CT molecular complexity index is 295.